The molecular weight excluding hydrogens is 382 g/mol. The third kappa shape index (κ3) is 3.21. The number of fused-ring (bicyclic) bond motifs is 2. The number of carbonyl (C=O) groups excluding carboxylic acids is 1. The molecule has 1 fully saturated rings. The Balaban J connectivity index is 1.37. The SMILES string of the molecule is CO[C@H]1C[C@@H](c2cn3cc(NC(=O)c4ccc5c(cnn5C)c4)ncc3n2)N(C)C1. The van der Waals surface area contributed by atoms with Crippen LogP contribution in [0.4, 0.5) is 5.82 Å². The van der Waals surface area contributed by atoms with Gasteiger partial charge in [0.15, 0.2) is 5.65 Å². The standard InChI is InChI=1S/C21H23N7O2/c1-26-10-15(30-3)7-18(26)16-11-28-12-19(22-9-20(28)24-16)25-21(29)13-4-5-17-14(6-13)8-23-27(17)2/h4-6,8-9,11-12,15,18H,7,10H2,1-3H3,(H,25,29)/t15-,18-/m0/s1. The zero-order chi connectivity index (χ0) is 20.8. The number of aryl methyl sites for hydroxylation is 1. The summed E-state index contributed by atoms with van der Waals surface area (Å²) >= 11 is 0. The predicted octanol–water partition coefficient (Wildman–Crippen LogP) is 2.26. The Kier molecular flexibility index (Phi) is 4.48. The van der Waals surface area contributed by atoms with Crippen LogP contribution in [0.3, 0.4) is 0 Å². The van der Waals surface area contributed by atoms with Crippen molar-refractivity contribution in [3.8, 4) is 0 Å². The van der Waals surface area contributed by atoms with E-state index in [1.54, 1.807) is 36.4 Å². The van der Waals surface area contributed by atoms with Gasteiger partial charge in [-0.2, -0.15) is 5.10 Å². The number of nitrogens with one attached hydrogen (secondary N) is 1. The molecule has 3 aromatic heterocycles. The average molecular weight is 405 g/mol. The van der Waals surface area contributed by atoms with Crippen LogP contribution < -0.4 is 5.32 Å². The van der Waals surface area contributed by atoms with E-state index in [1.807, 2.05) is 29.8 Å². The van der Waals surface area contributed by atoms with Crippen molar-refractivity contribution < 1.29 is 9.53 Å². The molecule has 30 heavy (non-hydrogen) atoms. The minimum Gasteiger partial charge on any atom is -0.380 e. The van der Waals surface area contributed by atoms with E-state index in [9.17, 15) is 4.79 Å². The maximum absolute atomic E-state index is 12.7. The zero-order valence-electron chi connectivity index (χ0n) is 17.1. The van der Waals surface area contributed by atoms with E-state index in [-0.39, 0.29) is 18.1 Å². The number of carbonyl (C=O) groups is 1. The third-order valence-electron chi connectivity index (χ3n) is 5.79. The molecule has 1 aromatic carbocycles. The van der Waals surface area contributed by atoms with Crippen molar-refractivity contribution in [3.05, 3.63) is 54.2 Å². The highest BCUT2D eigenvalue weighted by atomic mass is 16.5. The number of likely N-dealkylation sites (tertiary alicyclic amines) is 1. The van der Waals surface area contributed by atoms with Crippen molar-refractivity contribution in [2.24, 2.45) is 7.05 Å². The number of anilines is 1. The molecule has 9 heteroatoms. The van der Waals surface area contributed by atoms with Crippen LogP contribution in [0.1, 0.15) is 28.5 Å². The van der Waals surface area contributed by atoms with Crippen LogP contribution in [-0.4, -0.2) is 61.8 Å². The number of ether oxygens (including phenoxy) is 1. The Hall–Kier alpha value is -3.30. The number of likely N-dealkylation sites (N-methyl/N-ethyl adjacent to an activating group) is 1. The van der Waals surface area contributed by atoms with Gasteiger partial charge in [-0.3, -0.25) is 14.4 Å². The van der Waals surface area contributed by atoms with Crippen LogP contribution in [0, 0.1) is 0 Å². The molecule has 0 unspecified atom stereocenters. The molecule has 0 bridgehead atoms. The minimum absolute atomic E-state index is 0.208. The Bertz CT molecular complexity index is 1240. The van der Waals surface area contributed by atoms with Gasteiger partial charge in [-0.1, -0.05) is 0 Å². The molecule has 0 spiro atoms. The van der Waals surface area contributed by atoms with E-state index < -0.39 is 0 Å². The molecule has 2 atom stereocenters. The predicted molar refractivity (Wildman–Crippen MR) is 112 cm³/mol. The van der Waals surface area contributed by atoms with Crippen molar-refractivity contribution in [3.63, 3.8) is 0 Å². The molecule has 4 aromatic rings. The normalized spacial score (nSPS) is 19.7. The molecule has 154 valence electrons. The molecule has 0 radical (unpaired) electrons. The number of aromatic nitrogens is 5. The lowest BCUT2D eigenvalue weighted by Gasteiger charge is -2.15. The first-order valence-electron chi connectivity index (χ1n) is 9.82. The smallest absolute Gasteiger partial charge is 0.256 e. The van der Waals surface area contributed by atoms with Crippen molar-refractivity contribution in [2.45, 2.75) is 18.6 Å². The highest BCUT2D eigenvalue weighted by molar-refractivity contribution is 6.05. The van der Waals surface area contributed by atoms with E-state index in [0.29, 0.717) is 11.4 Å². The first kappa shape index (κ1) is 18.7. The van der Waals surface area contributed by atoms with Gasteiger partial charge in [0.2, 0.25) is 0 Å². The summed E-state index contributed by atoms with van der Waals surface area (Å²) in [4.78, 5) is 24.0. The van der Waals surface area contributed by atoms with Gasteiger partial charge in [0.1, 0.15) is 5.82 Å². The molecule has 5 rings (SSSR count). The van der Waals surface area contributed by atoms with Crippen LogP contribution in [0.2, 0.25) is 0 Å². The quantitative estimate of drug-likeness (QED) is 0.560. The van der Waals surface area contributed by atoms with Gasteiger partial charge in [0, 0.05) is 37.8 Å². The molecule has 1 N–H and O–H groups in total. The summed E-state index contributed by atoms with van der Waals surface area (Å²) in [5, 5.41) is 8.00. The molecule has 4 heterocycles. The molecule has 1 saturated heterocycles. The van der Waals surface area contributed by atoms with Gasteiger partial charge in [0.25, 0.3) is 5.91 Å². The fraction of sp³-hybridized carbons (Fsp3) is 0.333. The third-order valence-corrected chi connectivity index (χ3v) is 5.79. The van der Waals surface area contributed by atoms with Gasteiger partial charge in [-0.15, -0.1) is 0 Å². The van der Waals surface area contributed by atoms with Gasteiger partial charge in [0.05, 0.1) is 41.9 Å². The Morgan fingerprint density at radius 2 is 2.10 bits per heavy atom. The monoisotopic (exact) mass is 405 g/mol. The zero-order valence-corrected chi connectivity index (χ0v) is 17.1. The summed E-state index contributed by atoms with van der Waals surface area (Å²) < 4.78 is 9.18. The minimum atomic E-state index is -0.216. The molecule has 1 aliphatic heterocycles. The fourth-order valence-corrected chi connectivity index (χ4v) is 4.11. The van der Waals surface area contributed by atoms with E-state index in [0.717, 1.165) is 35.2 Å². The summed E-state index contributed by atoms with van der Waals surface area (Å²) in [5.41, 5.74) is 3.25. The number of amides is 1. The van der Waals surface area contributed by atoms with Crippen molar-refractivity contribution in [1.82, 2.24) is 29.0 Å². The number of hydrogen-bond acceptors (Lipinski definition) is 6. The first-order valence-corrected chi connectivity index (χ1v) is 9.82. The summed E-state index contributed by atoms with van der Waals surface area (Å²) in [6.45, 7) is 0.885. The summed E-state index contributed by atoms with van der Waals surface area (Å²) in [5.74, 6) is 0.253. The first-order chi connectivity index (χ1) is 14.5. The maximum atomic E-state index is 12.7. The highest BCUT2D eigenvalue weighted by Crippen LogP contribution is 2.31. The number of rotatable bonds is 4. The molecule has 9 nitrogen and oxygen atoms in total. The highest BCUT2D eigenvalue weighted by Gasteiger charge is 2.32. The van der Waals surface area contributed by atoms with Gasteiger partial charge < -0.3 is 14.5 Å². The van der Waals surface area contributed by atoms with Crippen LogP contribution in [0.15, 0.2) is 43.0 Å². The molecule has 1 amide bonds. The number of hydrogen-bond donors (Lipinski definition) is 1. The van der Waals surface area contributed by atoms with E-state index >= 15 is 0 Å². The number of nitrogens with zero attached hydrogens (tertiary/aromatic N) is 6. The lowest BCUT2D eigenvalue weighted by atomic mass is 10.1. The van der Waals surface area contributed by atoms with Gasteiger partial charge in [-0.05, 0) is 31.7 Å². The van der Waals surface area contributed by atoms with Crippen LogP contribution >= 0.6 is 0 Å². The van der Waals surface area contributed by atoms with Crippen molar-refractivity contribution in [1.29, 1.82) is 0 Å². The van der Waals surface area contributed by atoms with Gasteiger partial charge in [-0.25, -0.2) is 9.97 Å². The van der Waals surface area contributed by atoms with Crippen LogP contribution in [0.25, 0.3) is 16.6 Å². The lowest BCUT2D eigenvalue weighted by molar-refractivity contribution is 0.102. The number of imidazole rings is 1. The van der Waals surface area contributed by atoms with E-state index in [4.69, 9.17) is 9.72 Å². The van der Waals surface area contributed by atoms with Crippen LogP contribution in [-0.2, 0) is 11.8 Å². The topological polar surface area (TPSA) is 89.6 Å². The largest absolute Gasteiger partial charge is 0.380 e. The Labute approximate surface area is 173 Å². The molecule has 0 saturated carbocycles. The number of benzene rings is 1. The number of methoxy groups -OCH3 is 1. The van der Waals surface area contributed by atoms with Crippen molar-refractivity contribution >= 4 is 28.3 Å². The average Bonchev–Trinajstić information content (AvgIpc) is 3.43. The maximum Gasteiger partial charge on any atom is 0.256 e. The van der Waals surface area contributed by atoms with E-state index in [2.05, 4.69) is 27.3 Å². The summed E-state index contributed by atoms with van der Waals surface area (Å²) in [6, 6.07) is 5.71. The van der Waals surface area contributed by atoms with E-state index in [1.165, 1.54) is 0 Å². The van der Waals surface area contributed by atoms with Gasteiger partial charge >= 0.3 is 0 Å². The second kappa shape index (κ2) is 7.19. The molecular formula is C21H23N7O2. The van der Waals surface area contributed by atoms with Crippen LogP contribution in [0.5, 0.6) is 0 Å². The summed E-state index contributed by atoms with van der Waals surface area (Å²) in [7, 11) is 5.70. The fourth-order valence-electron chi connectivity index (χ4n) is 4.11. The Morgan fingerprint density at radius 1 is 1.23 bits per heavy atom. The van der Waals surface area contributed by atoms with Crippen molar-refractivity contribution in [2.75, 3.05) is 26.0 Å². The second-order valence-electron chi connectivity index (χ2n) is 7.75. The summed E-state index contributed by atoms with van der Waals surface area (Å²) in [6.07, 6.45) is 8.33. The Morgan fingerprint density at radius 3 is 2.90 bits per heavy atom. The second-order valence-corrected chi connectivity index (χ2v) is 7.75. The molecule has 1 aliphatic rings. The molecule has 0 aliphatic carbocycles. The lowest BCUT2D eigenvalue weighted by Crippen LogP contribution is -2.20.